The molecule has 1 heteroatoms. The molecule has 1 unspecified atom stereocenters. The van der Waals surface area contributed by atoms with E-state index in [1.807, 2.05) is 7.11 Å². The number of hydrogen-bond acceptors (Lipinski definition) is 1. The van der Waals surface area contributed by atoms with Gasteiger partial charge in [0.15, 0.2) is 0 Å². The van der Waals surface area contributed by atoms with Gasteiger partial charge >= 0.3 is 0 Å². The zero-order chi connectivity index (χ0) is 21.3. The highest BCUT2D eigenvalue weighted by atomic mass is 16.5. The second-order valence-electron chi connectivity index (χ2n) is 10.4. The Bertz CT molecular complexity index is 815. The van der Waals surface area contributed by atoms with Gasteiger partial charge in [-0.15, -0.1) is 0 Å². The van der Waals surface area contributed by atoms with Crippen molar-refractivity contribution in [3.63, 3.8) is 0 Å². The second kappa shape index (κ2) is 8.31. The Morgan fingerprint density at radius 3 is 1.93 bits per heavy atom. The fourth-order valence-electron chi connectivity index (χ4n) is 4.08. The SMILES string of the molecule is CCCC(c1cc(C)cc(C(C)(C)C)c1)c1cc(C)cc(C(C)(C)C)c1OC. The number of methoxy groups -OCH3 is 1. The molecule has 2 rings (SSSR count). The van der Waals surface area contributed by atoms with Crippen LogP contribution in [0.2, 0.25) is 0 Å². The molecule has 0 N–H and O–H groups in total. The maximum atomic E-state index is 6.03. The molecule has 0 amide bonds. The van der Waals surface area contributed by atoms with Crippen molar-refractivity contribution in [3.8, 4) is 5.75 Å². The lowest BCUT2D eigenvalue weighted by molar-refractivity contribution is 0.389. The largest absolute Gasteiger partial charge is 0.496 e. The van der Waals surface area contributed by atoms with Crippen molar-refractivity contribution in [1.82, 2.24) is 0 Å². The van der Waals surface area contributed by atoms with Crippen molar-refractivity contribution in [3.05, 3.63) is 63.7 Å². The van der Waals surface area contributed by atoms with Gasteiger partial charge in [-0.25, -0.2) is 0 Å². The van der Waals surface area contributed by atoms with E-state index in [-0.39, 0.29) is 10.8 Å². The molecule has 2 aromatic rings. The van der Waals surface area contributed by atoms with Crippen LogP contribution in [0.15, 0.2) is 30.3 Å². The highest BCUT2D eigenvalue weighted by molar-refractivity contribution is 5.52. The third kappa shape index (κ3) is 4.99. The van der Waals surface area contributed by atoms with Crippen LogP contribution in [0.25, 0.3) is 0 Å². The molecule has 2 aromatic carbocycles. The van der Waals surface area contributed by atoms with Crippen LogP contribution in [-0.2, 0) is 10.8 Å². The second-order valence-corrected chi connectivity index (χ2v) is 10.4. The molecule has 0 saturated carbocycles. The van der Waals surface area contributed by atoms with E-state index in [0.29, 0.717) is 5.92 Å². The molecule has 0 heterocycles. The minimum atomic E-state index is 0.0477. The Morgan fingerprint density at radius 2 is 1.43 bits per heavy atom. The summed E-state index contributed by atoms with van der Waals surface area (Å²) in [5, 5.41) is 0. The van der Waals surface area contributed by atoms with Crippen LogP contribution in [0.3, 0.4) is 0 Å². The van der Waals surface area contributed by atoms with Crippen LogP contribution in [0.5, 0.6) is 5.75 Å². The maximum absolute atomic E-state index is 6.03. The molecule has 0 aliphatic rings. The molecular formula is C27H40O. The highest BCUT2D eigenvalue weighted by Gasteiger charge is 2.27. The molecule has 0 saturated heterocycles. The van der Waals surface area contributed by atoms with Crippen molar-refractivity contribution in [1.29, 1.82) is 0 Å². The molecule has 1 nitrogen and oxygen atoms in total. The van der Waals surface area contributed by atoms with Gasteiger partial charge in [-0.1, -0.05) is 96.3 Å². The zero-order valence-corrected chi connectivity index (χ0v) is 19.8. The summed E-state index contributed by atoms with van der Waals surface area (Å²) < 4.78 is 6.03. The molecule has 154 valence electrons. The minimum Gasteiger partial charge on any atom is -0.496 e. The van der Waals surface area contributed by atoms with Crippen LogP contribution in [0, 0.1) is 13.8 Å². The van der Waals surface area contributed by atoms with Crippen LogP contribution in [0.1, 0.15) is 101 Å². The lowest BCUT2D eigenvalue weighted by Crippen LogP contribution is -2.16. The van der Waals surface area contributed by atoms with E-state index in [2.05, 4.69) is 92.6 Å². The average molecular weight is 381 g/mol. The standard InChI is InChI=1S/C27H40O/c1-11-12-22(20-13-18(2)14-21(17-20)26(4,5)6)23-15-19(3)16-24(25(23)28-10)27(7,8)9/h13-17,22H,11-12H2,1-10H3. The zero-order valence-electron chi connectivity index (χ0n) is 19.8. The van der Waals surface area contributed by atoms with Crippen LogP contribution >= 0.6 is 0 Å². The summed E-state index contributed by atoms with van der Waals surface area (Å²) in [4.78, 5) is 0. The van der Waals surface area contributed by atoms with Gasteiger partial charge in [0.2, 0.25) is 0 Å². The number of aryl methyl sites for hydroxylation is 2. The van der Waals surface area contributed by atoms with E-state index < -0.39 is 0 Å². The van der Waals surface area contributed by atoms with Crippen LogP contribution in [0.4, 0.5) is 0 Å². The van der Waals surface area contributed by atoms with Crippen molar-refractivity contribution >= 4 is 0 Å². The summed E-state index contributed by atoms with van der Waals surface area (Å²) in [6.45, 7) is 20.4. The van der Waals surface area contributed by atoms with Gasteiger partial charge in [0, 0.05) is 17.0 Å². The first-order valence-electron chi connectivity index (χ1n) is 10.7. The summed E-state index contributed by atoms with van der Waals surface area (Å²) in [6, 6.07) is 11.8. The van der Waals surface area contributed by atoms with E-state index in [1.165, 1.54) is 33.4 Å². The molecule has 0 spiro atoms. The highest BCUT2D eigenvalue weighted by Crippen LogP contribution is 2.43. The maximum Gasteiger partial charge on any atom is 0.126 e. The number of ether oxygens (including phenoxy) is 1. The van der Waals surface area contributed by atoms with Crippen molar-refractivity contribution in [2.75, 3.05) is 7.11 Å². The molecule has 0 aromatic heterocycles. The average Bonchev–Trinajstić information content (AvgIpc) is 2.56. The Balaban J connectivity index is 2.75. The van der Waals surface area contributed by atoms with Crippen molar-refractivity contribution in [2.45, 2.75) is 91.9 Å². The summed E-state index contributed by atoms with van der Waals surface area (Å²) in [7, 11) is 1.82. The predicted octanol–water partition coefficient (Wildman–Crippen LogP) is 7.84. The summed E-state index contributed by atoms with van der Waals surface area (Å²) in [6.07, 6.45) is 2.27. The Morgan fingerprint density at radius 1 is 0.821 bits per heavy atom. The van der Waals surface area contributed by atoms with E-state index in [9.17, 15) is 0 Å². The molecule has 28 heavy (non-hydrogen) atoms. The number of rotatable bonds is 5. The predicted molar refractivity (Wildman–Crippen MR) is 123 cm³/mol. The van der Waals surface area contributed by atoms with Gasteiger partial charge in [0.1, 0.15) is 5.75 Å². The third-order valence-electron chi connectivity index (χ3n) is 5.59. The topological polar surface area (TPSA) is 9.23 Å². The van der Waals surface area contributed by atoms with Crippen molar-refractivity contribution in [2.24, 2.45) is 0 Å². The fourth-order valence-corrected chi connectivity index (χ4v) is 4.08. The molecule has 0 aliphatic heterocycles. The third-order valence-corrected chi connectivity index (χ3v) is 5.59. The molecule has 0 bridgehead atoms. The summed E-state index contributed by atoms with van der Waals surface area (Å²) in [5.41, 5.74) is 8.30. The van der Waals surface area contributed by atoms with E-state index in [1.54, 1.807) is 0 Å². The van der Waals surface area contributed by atoms with Gasteiger partial charge in [0.05, 0.1) is 7.11 Å². The minimum absolute atomic E-state index is 0.0477. The van der Waals surface area contributed by atoms with Gasteiger partial charge in [-0.2, -0.15) is 0 Å². The van der Waals surface area contributed by atoms with Crippen LogP contribution < -0.4 is 4.74 Å². The Kier molecular flexibility index (Phi) is 6.69. The smallest absolute Gasteiger partial charge is 0.126 e. The normalized spacial score (nSPS) is 13.5. The number of hydrogen-bond donors (Lipinski definition) is 0. The van der Waals surface area contributed by atoms with E-state index >= 15 is 0 Å². The molecule has 0 radical (unpaired) electrons. The Hall–Kier alpha value is -1.76. The van der Waals surface area contributed by atoms with Gasteiger partial charge < -0.3 is 4.74 Å². The van der Waals surface area contributed by atoms with Gasteiger partial charge in [0.25, 0.3) is 0 Å². The molecule has 0 fully saturated rings. The van der Waals surface area contributed by atoms with Crippen molar-refractivity contribution < 1.29 is 4.74 Å². The van der Waals surface area contributed by atoms with Gasteiger partial charge in [-0.05, 0) is 42.2 Å². The lowest BCUT2D eigenvalue weighted by atomic mass is 9.77. The first-order valence-corrected chi connectivity index (χ1v) is 10.7. The lowest BCUT2D eigenvalue weighted by Gasteiger charge is -2.29. The summed E-state index contributed by atoms with van der Waals surface area (Å²) in [5.74, 6) is 1.41. The van der Waals surface area contributed by atoms with Crippen LogP contribution in [-0.4, -0.2) is 7.11 Å². The molecule has 1 atom stereocenters. The Labute approximate surface area is 173 Å². The molecule has 0 aliphatic carbocycles. The first kappa shape index (κ1) is 22.5. The molecular weight excluding hydrogens is 340 g/mol. The van der Waals surface area contributed by atoms with E-state index in [4.69, 9.17) is 4.74 Å². The first-order chi connectivity index (χ1) is 12.9. The van der Waals surface area contributed by atoms with Gasteiger partial charge in [-0.3, -0.25) is 0 Å². The fraction of sp³-hybridized carbons (Fsp3) is 0.556. The quantitative estimate of drug-likeness (QED) is 0.513. The number of benzene rings is 2. The van der Waals surface area contributed by atoms with E-state index in [0.717, 1.165) is 18.6 Å². The monoisotopic (exact) mass is 380 g/mol. The summed E-state index contributed by atoms with van der Waals surface area (Å²) >= 11 is 0.